The van der Waals surface area contributed by atoms with Crippen LogP contribution in [0.5, 0.6) is 0 Å². The molecule has 1 aromatic heterocycles. The molecule has 0 bridgehead atoms. The molecule has 1 aromatic rings. The van der Waals surface area contributed by atoms with Gasteiger partial charge in [0.2, 0.25) is 0 Å². The summed E-state index contributed by atoms with van der Waals surface area (Å²) in [5.41, 5.74) is 5.33. The van der Waals surface area contributed by atoms with E-state index in [9.17, 15) is 4.79 Å². The summed E-state index contributed by atoms with van der Waals surface area (Å²) in [5, 5.41) is 0. The Kier molecular flexibility index (Phi) is 3.69. The number of hydrogen-bond acceptors (Lipinski definition) is 4. The number of ether oxygens (including phenoxy) is 1. The highest BCUT2D eigenvalue weighted by Gasteiger charge is 2.40. The molecule has 106 valence electrons. The maximum absolute atomic E-state index is 12.3. The molecule has 2 rings (SSSR count). The number of methoxy groups -OCH3 is 1. The monoisotopic (exact) mass is 266 g/mol. The van der Waals surface area contributed by atoms with Gasteiger partial charge in [0.05, 0.1) is 5.92 Å². The lowest BCUT2D eigenvalue weighted by Crippen LogP contribution is -2.46. The number of aryl methyl sites for hydroxylation is 1. The van der Waals surface area contributed by atoms with Crippen LogP contribution in [0.4, 0.5) is 0 Å². The van der Waals surface area contributed by atoms with Crippen molar-refractivity contribution in [2.24, 2.45) is 5.73 Å². The number of hydrogen-bond donors (Lipinski definition) is 1. The Morgan fingerprint density at radius 3 is 2.68 bits per heavy atom. The van der Waals surface area contributed by atoms with Crippen molar-refractivity contribution in [2.45, 2.75) is 38.3 Å². The number of amides is 1. The van der Waals surface area contributed by atoms with Crippen LogP contribution in [0.25, 0.3) is 0 Å². The summed E-state index contributed by atoms with van der Waals surface area (Å²) in [6.45, 7) is 6.56. The molecule has 0 spiro atoms. The first-order chi connectivity index (χ1) is 8.85. The van der Waals surface area contributed by atoms with Gasteiger partial charge in [-0.2, -0.15) is 0 Å². The fraction of sp³-hybridized carbons (Fsp3) is 0.643. The lowest BCUT2D eigenvalue weighted by atomic mass is 10.0. The molecule has 1 amide bonds. The molecule has 1 saturated heterocycles. The van der Waals surface area contributed by atoms with Gasteiger partial charge in [-0.25, -0.2) is 0 Å². The fourth-order valence-corrected chi connectivity index (χ4v) is 2.42. The summed E-state index contributed by atoms with van der Waals surface area (Å²) < 4.78 is 10.9. The average molecular weight is 266 g/mol. The topological polar surface area (TPSA) is 68.7 Å². The van der Waals surface area contributed by atoms with Gasteiger partial charge in [-0.3, -0.25) is 4.79 Å². The number of carbonyl (C=O) groups is 1. The SMILES string of the molecule is COC(C)(C)C(=O)N1C[C@H](c2ccc(C)o2)[C@@H](N)C1. The van der Waals surface area contributed by atoms with Gasteiger partial charge in [-0.15, -0.1) is 0 Å². The summed E-state index contributed by atoms with van der Waals surface area (Å²) in [4.78, 5) is 14.1. The molecule has 1 fully saturated rings. The quantitative estimate of drug-likeness (QED) is 0.894. The molecule has 2 heterocycles. The highest BCUT2D eigenvalue weighted by atomic mass is 16.5. The minimum absolute atomic E-state index is 0.0313. The zero-order chi connectivity index (χ0) is 14.2. The van der Waals surface area contributed by atoms with Crippen molar-refractivity contribution in [1.82, 2.24) is 4.90 Å². The molecule has 2 atom stereocenters. The highest BCUT2D eigenvalue weighted by Crippen LogP contribution is 2.29. The minimum atomic E-state index is -0.812. The molecule has 0 radical (unpaired) electrons. The van der Waals surface area contributed by atoms with Gasteiger partial charge < -0.3 is 19.8 Å². The molecule has 2 N–H and O–H groups in total. The Bertz CT molecular complexity index is 467. The summed E-state index contributed by atoms with van der Waals surface area (Å²) in [5.74, 6) is 1.75. The Morgan fingerprint density at radius 1 is 1.47 bits per heavy atom. The van der Waals surface area contributed by atoms with E-state index in [-0.39, 0.29) is 17.9 Å². The highest BCUT2D eigenvalue weighted by molar-refractivity contribution is 5.84. The summed E-state index contributed by atoms with van der Waals surface area (Å²) in [6.07, 6.45) is 0. The zero-order valence-electron chi connectivity index (χ0n) is 12.0. The Morgan fingerprint density at radius 2 is 2.16 bits per heavy atom. The third kappa shape index (κ3) is 2.67. The Hall–Kier alpha value is -1.33. The van der Waals surface area contributed by atoms with E-state index in [0.717, 1.165) is 11.5 Å². The molecule has 0 saturated carbocycles. The third-order valence-corrected chi connectivity index (χ3v) is 3.80. The minimum Gasteiger partial charge on any atom is -0.466 e. The molecule has 1 aliphatic heterocycles. The van der Waals surface area contributed by atoms with Crippen LogP contribution in [-0.4, -0.2) is 42.6 Å². The number of carbonyl (C=O) groups excluding carboxylic acids is 1. The summed E-state index contributed by atoms with van der Waals surface area (Å²) in [6, 6.07) is 3.77. The maximum atomic E-state index is 12.3. The van der Waals surface area contributed by atoms with Crippen LogP contribution in [0.3, 0.4) is 0 Å². The number of furan rings is 1. The lowest BCUT2D eigenvalue weighted by Gasteiger charge is -2.27. The van der Waals surface area contributed by atoms with Crippen LogP contribution in [0.2, 0.25) is 0 Å². The normalized spacial score (nSPS) is 23.9. The van der Waals surface area contributed by atoms with E-state index in [1.54, 1.807) is 25.9 Å². The van der Waals surface area contributed by atoms with Gasteiger partial charge in [0.15, 0.2) is 0 Å². The van der Waals surface area contributed by atoms with Crippen molar-refractivity contribution < 1.29 is 13.9 Å². The van der Waals surface area contributed by atoms with Crippen LogP contribution >= 0.6 is 0 Å². The first kappa shape index (κ1) is 14.1. The molecule has 1 aliphatic rings. The van der Waals surface area contributed by atoms with Crippen molar-refractivity contribution in [1.29, 1.82) is 0 Å². The smallest absolute Gasteiger partial charge is 0.254 e. The fourth-order valence-electron chi connectivity index (χ4n) is 2.42. The standard InChI is InChI=1S/C14H22N2O3/c1-9-5-6-12(19-9)10-7-16(8-11(10)15)13(17)14(2,3)18-4/h5-6,10-11H,7-8,15H2,1-4H3/t10-,11-/m0/s1. The zero-order valence-corrected chi connectivity index (χ0v) is 12.0. The summed E-state index contributed by atoms with van der Waals surface area (Å²) >= 11 is 0. The number of likely N-dealkylation sites (tertiary alicyclic amines) is 1. The van der Waals surface area contributed by atoms with Crippen molar-refractivity contribution in [3.8, 4) is 0 Å². The van der Waals surface area contributed by atoms with E-state index in [0.29, 0.717) is 13.1 Å². The molecule has 0 unspecified atom stereocenters. The van der Waals surface area contributed by atoms with Crippen LogP contribution in [-0.2, 0) is 9.53 Å². The van der Waals surface area contributed by atoms with Gasteiger partial charge in [-0.1, -0.05) is 0 Å². The van der Waals surface area contributed by atoms with Gasteiger partial charge in [0, 0.05) is 26.2 Å². The van der Waals surface area contributed by atoms with Gasteiger partial charge in [0.25, 0.3) is 5.91 Å². The van der Waals surface area contributed by atoms with Crippen molar-refractivity contribution in [3.63, 3.8) is 0 Å². The van der Waals surface area contributed by atoms with Gasteiger partial charge >= 0.3 is 0 Å². The number of nitrogens with zero attached hydrogens (tertiary/aromatic N) is 1. The third-order valence-electron chi connectivity index (χ3n) is 3.80. The van der Waals surface area contributed by atoms with Crippen LogP contribution < -0.4 is 5.73 Å². The van der Waals surface area contributed by atoms with Crippen LogP contribution in [0, 0.1) is 6.92 Å². The lowest BCUT2D eigenvalue weighted by molar-refractivity contribution is -0.149. The van der Waals surface area contributed by atoms with Crippen LogP contribution in [0.15, 0.2) is 16.5 Å². The number of rotatable bonds is 3. The Balaban J connectivity index is 2.11. The van der Waals surface area contributed by atoms with E-state index in [1.165, 1.54) is 0 Å². The largest absolute Gasteiger partial charge is 0.466 e. The molecule has 5 heteroatoms. The molecule has 19 heavy (non-hydrogen) atoms. The predicted molar refractivity (Wildman–Crippen MR) is 71.8 cm³/mol. The molecular formula is C14H22N2O3. The number of nitrogens with two attached hydrogens (primary N) is 1. The Labute approximate surface area is 113 Å². The van der Waals surface area contributed by atoms with E-state index >= 15 is 0 Å². The second-order valence-electron chi connectivity index (χ2n) is 5.64. The van der Waals surface area contributed by atoms with Gasteiger partial charge in [-0.05, 0) is 32.9 Å². The van der Waals surface area contributed by atoms with E-state index in [2.05, 4.69) is 0 Å². The predicted octanol–water partition coefficient (Wildman–Crippen LogP) is 1.27. The second kappa shape index (κ2) is 4.98. The molecule has 0 aromatic carbocycles. The summed E-state index contributed by atoms with van der Waals surface area (Å²) in [7, 11) is 1.54. The van der Waals surface area contributed by atoms with Crippen molar-refractivity contribution >= 4 is 5.91 Å². The van der Waals surface area contributed by atoms with E-state index < -0.39 is 5.60 Å². The van der Waals surface area contributed by atoms with Gasteiger partial charge in [0.1, 0.15) is 17.1 Å². The van der Waals surface area contributed by atoms with Crippen molar-refractivity contribution in [3.05, 3.63) is 23.7 Å². The first-order valence-electron chi connectivity index (χ1n) is 6.51. The molecule has 0 aliphatic carbocycles. The van der Waals surface area contributed by atoms with E-state index in [4.69, 9.17) is 14.9 Å². The van der Waals surface area contributed by atoms with Crippen LogP contribution in [0.1, 0.15) is 31.3 Å². The van der Waals surface area contributed by atoms with Crippen molar-refractivity contribution in [2.75, 3.05) is 20.2 Å². The molecular weight excluding hydrogens is 244 g/mol. The second-order valence-corrected chi connectivity index (χ2v) is 5.64. The first-order valence-corrected chi connectivity index (χ1v) is 6.51. The average Bonchev–Trinajstić information content (AvgIpc) is 2.94. The maximum Gasteiger partial charge on any atom is 0.254 e. The van der Waals surface area contributed by atoms with E-state index in [1.807, 2.05) is 19.1 Å². The molecule has 5 nitrogen and oxygen atoms in total.